The molecule has 2 aliphatic carbocycles. The summed E-state index contributed by atoms with van der Waals surface area (Å²) in [5.74, 6) is 0. The molecule has 116 valence electrons. The predicted octanol–water partition coefficient (Wildman–Crippen LogP) is 4.47. The first-order chi connectivity index (χ1) is 10.4. The second kappa shape index (κ2) is 10.9. The molecule has 1 aromatic rings. The summed E-state index contributed by atoms with van der Waals surface area (Å²) in [7, 11) is -0.137. The van der Waals surface area contributed by atoms with Crippen LogP contribution >= 0.6 is 10.7 Å². The molecule has 3 nitrogen and oxygen atoms in total. The van der Waals surface area contributed by atoms with Crippen molar-refractivity contribution in [1.29, 1.82) is 0 Å². The van der Waals surface area contributed by atoms with Crippen LogP contribution in [0.2, 0.25) is 0 Å². The van der Waals surface area contributed by atoms with Gasteiger partial charge in [0.25, 0.3) is 0 Å². The van der Waals surface area contributed by atoms with Crippen LogP contribution in [0.15, 0.2) is 79.4 Å². The minimum Gasteiger partial charge on any atom is -0.273 e. The summed E-state index contributed by atoms with van der Waals surface area (Å²) in [6.45, 7) is 0. The van der Waals surface area contributed by atoms with Crippen molar-refractivity contribution in [3.8, 4) is 0 Å². The molecule has 0 radical (unpaired) electrons. The van der Waals surface area contributed by atoms with Gasteiger partial charge in [-0.3, -0.25) is 4.55 Å². The van der Waals surface area contributed by atoms with E-state index in [-0.39, 0.29) is 23.2 Å². The maximum Gasteiger partial charge on any atom is 0.353 e. The van der Waals surface area contributed by atoms with Crippen LogP contribution in [0.1, 0.15) is 12.8 Å². The Morgan fingerprint density at radius 2 is 1.18 bits per heavy atom. The summed E-state index contributed by atoms with van der Waals surface area (Å²) >= 11 is -0.312. The summed E-state index contributed by atoms with van der Waals surface area (Å²) in [5.41, 5.74) is 0. The first-order valence-electron chi connectivity index (χ1n) is 6.60. The number of allylic oxidation sites excluding steroid dienone is 8. The molecule has 0 aromatic heterocycles. The van der Waals surface area contributed by atoms with Gasteiger partial charge in [0.05, 0.1) is 0 Å². The van der Waals surface area contributed by atoms with Crippen LogP contribution in [0.3, 0.4) is 0 Å². The van der Waals surface area contributed by atoms with E-state index in [1.54, 1.807) is 6.56 Å². The van der Waals surface area contributed by atoms with Crippen molar-refractivity contribution in [1.82, 2.24) is 0 Å². The minimum absolute atomic E-state index is 0.312. The quantitative estimate of drug-likeness (QED) is 0.572. The number of halogens is 1. The molecular formula is C16H17ClO3SZr. The van der Waals surface area contributed by atoms with Crippen LogP contribution in [-0.4, -0.2) is 13.0 Å². The molecule has 0 amide bonds. The van der Waals surface area contributed by atoms with Gasteiger partial charge in [-0.05, 0) is 0 Å². The van der Waals surface area contributed by atoms with Crippen molar-refractivity contribution < 1.29 is 36.2 Å². The fourth-order valence-electron chi connectivity index (χ4n) is 1.67. The summed E-state index contributed by atoms with van der Waals surface area (Å²) in [4.78, 5) is 0. The van der Waals surface area contributed by atoms with Gasteiger partial charge in [0.15, 0.2) is 0 Å². The van der Waals surface area contributed by atoms with Gasteiger partial charge < -0.3 is 0 Å². The maximum absolute atomic E-state index is 8.95. The van der Waals surface area contributed by atoms with E-state index in [4.69, 9.17) is 13.0 Å². The van der Waals surface area contributed by atoms with Gasteiger partial charge in [0.2, 0.25) is 0 Å². The van der Waals surface area contributed by atoms with E-state index >= 15 is 0 Å². The average Bonchev–Trinajstić information content (AvgIpc) is 3.14. The van der Waals surface area contributed by atoms with E-state index < -0.39 is 9.33 Å². The minimum atomic E-state index is -4.19. The summed E-state index contributed by atoms with van der Waals surface area (Å²) in [6.07, 6.45) is 16.0. The molecule has 0 unspecified atom stereocenters. The van der Waals surface area contributed by atoms with Crippen LogP contribution in [-0.2, 0) is 32.6 Å². The Labute approximate surface area is 147 Å². The molecule has 2 aliphatic rings. The van der Waals surface area contributed by atoms with E-state index in [0.717, 1.165) is 0 Å². The summed E-state index contributed by atoms with van der Waals surface area (Å²) in [6, 6.07) is 12.0. The molecule has 6 heteroatoms. The second-order valence-corrected chi connectivity index (χ2v) is 10.1. The smallest absolute Gasteiger partial charge is 0.273 e. The number of rotatable bonds is 2. The molecule has 0 spiro atoms. The monoisotopic (exact) mass is 414 g/mol. The first kappa shape index (κ1) is 19.3. The van der Waals surface area contributed by atoms with E-state index in [0.29, 0.717) is 0 Å². The largest absolute Gasteiger partial charge is 0.353 e. The molecule has 1 N–H and O–H groups in total. The molecule has 0 atom stereocenters. The van der Waals surface area contributed by atoms with Crippen molar-refractivity contribution in [3.05, 3.63) is 79.4 Å². The van der Waals surface area contributed by atoms with Crippen LogP contribution in [0.5, 0.6) is 0 Å². The van der Waals surface area contributed by atoms with Crippen molar-refractivity contribution >= 4 is 20.0 Å². The third-order valence-corrected chi connectivity index (χ3v) is 5.93. The van der Waals surface area contributed by atoms with E-state index in [1.165, 1.54) is 12.8 Å². The van der Waals surface area contributed by atoms with Gasteiger partial charge in [0, 0.05) is 10.7 Å². The Balaban J connectivity index is 0.000000187. The standard InChI is InChI=1S/C6H6.2C5H5.ClHO3S.Zr/c1-2-4-6-5-3-1;2*1-2-4-5-3-1;1-5(2,3)4;/h1-6H;2*1-3H,4H2;(H,2,3,4);. The van der Waals surface area contributed by atoms with Gasteiger partial charge >= 0.3 is 88.4 Å². The van der Waals surface area contributed by atoms with Crippen molar-refractivity contribution in [2.24, 2.45) is 0 Å². The molecule has 0 bridgehead atoms. The van der Waals surface area contributed by atoms with E-state index in [2.05, 4.69) is 47.1 Å². The van der Waals surface area contributed by atoms with E-state index in [1.807, 2.05) is 36.4 Å². The van der Waals surface area contributed by atoms with Gasteiger partial charge in [0.1, 0.15) is 0 Å². The van der Waals surface area contributed by atoms with Gasteiger partial charge in [-0.15, -0.1) is 0 Å². The number of hydrogen-bond donors (Lipinski definition) is 1. The second-order valence-electron chi connectivity index (χ2n) is 4.34. The fourth-order valence-corrected chi connectivity index (χ4v) is 4.65. The average molecular weight is 416 g/mol. The predicted molar refractivity (Wildman–Crippen MR) is 87.5 cm³/mol. The van der Waals surface area contributed by atoms with Crippen LogP contribution in [0.25, 0.3) is 0 Å². The third kappa shape index (κ3) is 11.9. The Hall–Kier alpha value is -0.737. The van der Waals surface area contributed by atoms with Gasteiger partial charge in [-0.2, -0.15) is 8.42 Å². The normalized spacial score (nSPS) is 15.0. The van der Waals surface area contributed by atoms with Gasteiger partial charge in [-0.25, -0.2) is 0 Å². The molecule has 3 rings (SSSR count). The third-order valence-electron chi connectivity index (χ3n) is 2.53. The SMILES string of the molecule is C1=CC[C]([Zr][C]2=CC=CC2)=C1.O=S(=O)(O)Cl.c1ccccc1. The van der Waals surface area contributed by atoms with Crippen LogP contribution in [0.4, 0.5) is 0 Å². The molecule has 0 saturated carbocycles. The zero-order valence-corrected chi connectivity index (χ0v) is 15.9. The molecule has 1 aromatic carbocycles. The maximum atomic E-state index is 8.95. The van der Waals surface area contributed by atoms with Crippen molar-refractivity contribution in [3.63, 3.8) is 0 Å². The Morgan fingerprint density at radius 3 is 1.41 bits per heavy atom. The fraction of sp³-hybridized carbons (Fsp3) is 0.125. The molecule has 0 fully saturated rings. The molecule has 22 heavy (non-hydrogen) atoms. The topological polar surface area (TPSA) is 54.4 Å². The Morgan fingerprint density at radius 1 is 0.864 bits per heavy atom. The van der Waals surface area contributed by atoms with E-state index in [9.17, 15) is 0 Å². The van der Waals surface area contributed by atoms with Crippen molar-refractivity contribution in [2.45, 2.75) is 12.8 Å². The number of hydrogen-bond acceptors (Lipinski definition) is 2. The molecular weight excluding hydrogens is 399 g/mol. The van der Waals surface area contributed by atoms with Gasteiger partial charge in [-0.1, -0.05) is 36.4 Å². The van der Waals surface area contributed by atoms with Crippen LogP contribution < -0.4 is 0 Å². The summed E-state index contributed by atoms with van der Waals surface area (Å²) in [5, 5.41) is 0. The summed E-state index contributed by atoms with van der Waals surface area (Å²) < 4.78 is 28.6. The van der Waals surface area contributed by atoms with Crippen molar-refractivity contribution in [2.75, 3.05) is 0 Å². The Bertz CT molecular complexity index is 599. The molecule has 0 saturated heterocycles. The Kier molecular flexibility index (Phi) is 9.57. The molecule has 0 aliphatic heterocycles. The number of benzene rings is 1. The van der Waals surface area contributed by atoms with Crippen LogP contribution in [0, 0.1) is 0 Å². The zero-order valence-electron chi connectivity index (χ0n) is 11.9. The zero-order chi connectivity index (χ0) is 16.3. The first-order valence-corrected chi connectivity index (χ1v) is 11.3. The molecule has 0 heterocycles.